The van der Waals surface area contributed by atoms with E-state index in [4.69, 9.17) is 5.26 Å². The molecule has 0 aromatic heterocycles. The highest BCUT2D eigenvalue weighted by Crippen LogP contribution is 2.40. The second-order valence-electron chi connectivity index (χ2n) is 6.76. The maximum absolute atomic E-state index is 9.92. The van der Waals surface area contributed by atoms with Crippen molar-refractivity contribution in [2.45, 2.75) is 53.6 Å². The first-order chi connectivity index (χ1) is 10.3. The van der Waals surface area contributed by atoms with Crippen LogP contribution < -0.4 is 0 Å². The van der Waals surface area contributed by atoms with Crippen LogP contribution in [0, 0.1) is 16.7 Å². The maximum atomic E-state index is 9.92. The van der Waals surface area contributed by atoms with Gasteiger partial charge in [-0.15, -0.1) is 0 Å². The highest BCUT2D eigenvalue weighted by molar-refractivity contribution is 5.37. The molecule has 0 saturated carbocycles. The van der Waals surface area contributed by atoms with Crippen molar-refractivity contribution in [3.63, 3.8) is 0 Å². The van der Waals surface area contributed by atoms with E-state index >= 15 is 0 Å². The van der Waals surface area contributed by atoms with Gasteiger partial charge in [0.25, 0.3) is 0 Å². The van der Waals surface area contributed by atoms with Crippen molar-refractivity contribution in [3.05, 3.63) is 58.7 Å². The molecule has 1 rings (SSSR count). The fourth-order valence-electron chi connectivity index (χ4n) is 2.95. The number of aliphatic hydroxyl groups excluding tert-OH is 1. The standard InChI is InChI=1S/C20H27NO/c1-15(7-6-8-16(2)11-12-21)9-10-19-17(3)13-18(22)14-20(19,4)5/h6-11,18,22H,13-14H2,1-5H3/b8-6+,10-9+,15-7+,16-11+/t18-/m0/s1. The van der Waals surface area contributed by atoms with Gasteiger partial charge >= 0.3 is 0 Å². The molecule has 2 nitrogen and oxygen atoms in total. The number of rotatable bonds is 4. The minimum Gasteiger partial charge on any atom is -0.393 e. The highest BCUT2D eigenvalue weighted by atomic mass is 16.3. The summed E-state index contributed by atoms with van der Waals surface area (Å²) in [6, 6.07) is 2.02. The number of nitrogens with zero attached hydrogens (tertiary/aromatic N) is 1. The summed E-state index contributed by atoms with van der Waals surface area (Å²) in [6.45, 7) is 10.5. The summed E-state index contributed by atoms with van der Waals surface area (Å²) in [5, 5.41) is 18.5. The summed E-state index contributed by atoms with van der Waals surface area (Å²) >= 11 is 0. The summed E-state index contributed by atoms with van der Waals surface area (Å²) in [5.74, 6) is 0. The van der Waals surface area contributed by atoms with Gasteiger partial charge in [0.1, 0.15) is 0 Å². The van der Waals surface area contributed by atoms with Gasteiger partial charge in [-0.05, 0) is 50.2 Å². The van der Waals surface area contributed by atoms with Crippen molar-refractivity contribution in [2.75, 3.05) is 0 Å². The van der Waals surface area contributed by atoms with E-state index in [2.05, 4.69) is 39.8 Å². The molecule has 1 atom stereocenters. The van der Waals surface area contributed by atoms with Crippen LogP contribution in [0.4, 0.5) is 0 Å². The van der Waals surface area contributed by atoms with E-state index in [0.717, 1.165) is 24.0 Å². The number of hydrogen-bond donors (Lipinski definition) is 1. The molecule has 0 radical (unpaired) electrons. The van der Waals surface area contributed by atoms with Crippen molar-refractivity contribution in [3.8, 4) is 6.07 Å². The lowest BCUT2D eigenvalue weighted by Crippen LogP contribution is -2.28. The van der Waals surface area contributed by atoms with Gasteiger partial charge in [-0.3, -0.25) is 0 Å². The van der Waals surface area contributed by atoms with Crippen LogP contribution in [0.25, 0.3) is 0 Å². The topological polar surface area (TPSA) is 44.0 Å². The first-order valence-electron chi connectivity index (χ1n) is 7.74. The van der Waals surface area contributed by atoms with E-state index in [-0.39, 0.29) is 11.5 Å². The molecule has 0 fully saturated rings. The second-order valence-corrected chi connectivity index (χ2v) is 6.76. The Bertz CT molecular complexity index is 592. The molecule has 0 amide bonds. The summed E-state index contributed by atoms with van der Waals surface area (Å²) in [7, 11) is 0. The Kier molecular flexibility index (Phi) is 6.59. The van der Waals surface area contributed by atoms with Gasteiger partial charge in [-0.2, -0.15) is 5.26 Å². The van der Waals surface area contributed by atoms with Gasteiger partial charge in [0.05, 0.1) is 12.2 Å². The van der Waals surface area contributed by atoms with Crippen LogP contribution in [0.2, 0.25) is 0 Å². The Morgan fingerprint density at radius 2 is 1.95 bits per heavy atom. The van der Waals surface area contributed by atoms with Gasteiger partial charge in [0, 0.05) is 6.08 Å². The van der Waals surface area contributed by atoms with Crippen molar-refractivity contribution in [2.24, 2.45) is 5.41 Å². The van der Waals surface area contributed by atoms with Gasteiger partial charge in [0.2, 0.25) is 0 Å². The van der Waals surface area contributed by atoms with E-state index < -0.39 is 0 Å². The Morgan fingerprint density at radius 3 is 2.55 bits per heavy atom. The van der Waals surface area contributed by atoms with Crippen LogP contribution in [-0.4, -0.2) is 11.2 Å². The first kappa shape index (κ1) is 18.2. The number of nitriles is 1. The smallest absolute Gasteiger partial charge is 0.0914 e. The minimum absolute atomic E-state index is 0.0144. The maximum Gasteiger partial charge on any atom is 0.0914 e. The van der Waals surface area contributed by atoms with Gasteiger partial charge in [0.15, 0.2) is 0 Å². The van der Waals surface area contributed by atoms with E-state index in [9.17, 15) is 5.11 Å². The van der Waals surface area contributed by atoms with E-state index in [1.165, 1.54) is 17.2 Å². The highest BCUT2D eigenvalue weighted by Gasteiger charge is 2.31. The number of hydrogen-bond acceptors (Lipinski definition) is 2. The van der Waals surface area contributed by atoms with Gasteiger partial charge < -0.3 is 5.11 Å². The molecule has 1 aliphatic rings. The Labute approximate surface area is 134 Å². The van der Waals surface area contributed by atoms with Crippen molar-refractivity contribution in [1.29, 1.82) is 5.26 Å². The molecule has 0 aromatic carbocycles. The Hall–Kier alpha value is -1.85. The van der Waals surface area contributed by atoms with Crippen molar-refractivity contribution < 1.29 is 5.11 Å². The van der Waals surface area contributed by atoms with Crippen molar-refractivity contribution >= 4 is 0 Å². The molecule has 118 valence electrons. The lowest BCUT2D eigenvalue weighted by atomic mass is 9.71. The van der Waals surface area contributed by atoms with E-state index in [0.29, 0.717) is 0 Å². The van der Waals surface area contributed by atoms with Crippen LogP contribution in [0.3, 0.4) is 0 Å². The zero-order valence-electron chi connectivity index (χ0n) is 14.4. The van der Waals surface area contributed by atoms with Crippen molar-refractivity contribution in [1.82, 2.24) is 0 Å². The minimum atomic E-state index is -0.221. The zero-order chi connectivity index (χ0) is 16.8. The van der Waals surface area contributed by atoms with Crippen LogP contribution >= 0.6 is 0 Å². The molecule has 0 spiro atoms. The van der Waals surface area contributed by atoms with Crippen LogP contribution in [0.15, 0.2) is 58.7 Å². The largest absolute Gasteiger partial charge is 0.393 e. The predicted molar refractivity (Wildman–Crippen MR) is 93.1 cm³/mol. The fraction of sp³-hybridized carbons (Fsp3) is 0.450. The molecule has 22 heavy (non-hydrogen) atoms. The predicted octanol–water partition coefficient (Wildman–Crippen LogP) is 5.01. The number of aliphatic hydroxyl groups is 1. The molecule has 0 aliphatic heterocycles. The molecular weight excluding hydrogens is 270 g/mol. The van der Waals surface area contributed by atoms with Crippen LogP contribution in [0.1, 0.15) is 47.5 Å². The molecule has 1 aliphatic carbocycles. The van der Waals surface area contributed by atoms with Crippen LogP contribution in [-0.2, 0) is 0 Å². The van der Waals surface area contributed by atoms with E-state index in [1.54, 1.807) is 0 Å². The Morgan fingerprint density at radius 1 is 1.27 bits per heavy atom. The molecule has 1 N–H and O–H groups in total. The molecule has 0 heterocycles. The summed E-state index contributed by atoms with van der Waals surface area (Å²) in [6.07, 6.45) is 13.1. The third-order valence-electron chi connectivity index (χ3n) is 4.00. The molecule has 2 heteroatoms. The lowest BCUT2D eigenvalue weighted by Gasteiger charge is -2.35. The lowest BCUT2D eigenvalue weighted by molar-refractivity contribution is 0.116. The summed E-state index contributed by atoms with van der Waals surface area (Å²) in [5.41, 5.74) is 4.71. The Balaban J connectivity index is 2.85. The first-order valence-corrected chi connectivity index (χ1v) is 7.74. The van der Waals surface area contributed by atoms with Gasteiger partial charge in [-0.1, -0.05) is 55.4 Å². The van der Waals surface area contributed by atoms with Crippen LogP contribution in [0.5, 0.6) is 0 Å². The average molecular weight is 297 g/mol. The SMILES string of the molecule is CC1=C(/C=C/C(C)=C/C=C/C(C)=C/C#N)C(C)(C)C[C@@H](O)C1. The van der Waals surface area contributed by atoms with E-state index in [1.807, 2.05) is 31.2 Å². The third-order valence-corrected chi connectivity index (χ3v) is 4.00. The molecule has 0 bridgehead atoms. The monoisotopic (exact) mass is 297 g/mol. The summed E-state index contributed by atoms with van der Waals surface area (Å²) in [4.78, 5) is 0. The normalized spacial score (nSPS) is 23.4. The second kappa shape index (κ2) is 7.96. The zero-order valence-corrected chi connectivity index (χ0v) is 14.4. The third kappa shape index (κ3) is 5.50. The molecule has 0 saturated heterocycles. The summed E-state index contributed by atoms with van der Waals surface area (Å²) < 4.78 is 0. The molecule has 0 unspecified atom stereocenters. The fourth-order valence-corrected chi connectivity index (χ4v) is 2.95. The average Bonchev–Trinajstić information content (AvgIpc) is 2.36. The molecule has 0 aromatic rings. The molecular formula is C20H27NO. The number of allylic oxidation sites excluding steroid dienone is 9. The van der Waals surface area contributed by atoms with Gasteiger partial charge in [-0.25, -0.2) is 0 Å². The quantitative estimate of drug-likeness (QED) is 0.585.